The van der Waals surface area contributed by atoms with E-state index in [1.54, 1.807) is 17.1 Å². The highest BCUT2D eigenvalue weighted by Crippen LogP contribution is 2.26. The SMILES string of the molecule is CCSc1ccsc1C(=O)O. The molecule has 1 aromatic rings. The lowest BCUT2D eigenvalue weighted by molar-refractivity contribution is 0.0699. The Morgan fingerprint density at radius 3 is 3.09 bits per heavy atom. The molecular weight excluding hydrogens is 180 g/mol. The van der Waals surface area contributed by atoms with Crippen LogP contribution in [-0.2, 0) is 0 Å². The molecule has 0 aliphatic rings. The van der Waals surface area contributed by atoms with Crippen LogP contribution >= 0.6 is 23.1 Å². The lowest BCUT2D eigenvalue weighted by atomic mass is 10.5. The highest BCUT2D eigenvalue weighted by Gasteiger charge is 2.10. The van der Waals surface area contributed by atoms with Gasteiger partial charge >= 0.3 is 5.97 Å². The van der Waals surface area contributed by atoms with Crippen LogP contribution in [0.5, 0.6) is 0 Å². The van der Waals surface area contributed by atoms with Crippen LogP contribution in [0, 0.1) is 0 Å². The Morgan fingerprint density at radius 2 is 2.55 bits per heavy atom. The Labute approximate surface area is 73.2 Å². The van der Waals surface area contributed by atoms with Crippen molar-refractivity contribution in [2.24, 2.45) is 0 Å². The van der Waals surface area contributed by atoms with Gasteiger partial charge in [-0.2, -0.15) is 0 Å². The summed E-state index contributed by atoms with van der Waals surface area (Å²) >= 11 is 2.84. The molecule has 4 heteroatoms. The van der Waals surface area contributed by atoms with Crippen molar-refractivity contribution < 1.29 is 9.90 Å². The minimum absolute atomic E-state index is 0.455. The van der Waals surface area contributed by atoms with E-state index in [4.69, 9.17) is 5.11 Å². The Kier molecular flexibility index (Phi) is 2.96. The highest BCUT2D eigenvalue weighted by atomic mass is 32.2. The first kappa shape index (κ1) is 8.62. The minimum Gasteiger partial charge on any atom is -0.477 e. The van der Waals surface area contributed by atoms with E-state index in [0.29, 0.717) is 4.88 Å². The van der Waals surface area contributed by atoms with E-state index in [1.165, 1.54) is 11.3 Å². The average Bonchev–Trinajstić information content (AvgIpc) is 2.36. The molecule has 2 nitrogen and oxygen atoms in total. The molecule has 0 amide bonds. The van der Waals surface area contributed by atoms with Gasteiger partial charge in [0.25, 0.3) is 0 Å². The number of carboxylic acids is 1. The molecule has 0 spiro atoms. The normalized spacial score (nSPS) is 9.91. The van der Waals surface area contributed by atoms with E-state index in [9.17, 15) is 4.79 Å². The van der Waals surface area contributed by atoms with Crippen molar-refractivity contribution in [3.63, 3.8) is 0 Å². The Bertz CT molecular complexity index is 255. The van der Waals surface area contributed by atoms with Crippen molar-refractivity contribution in [3.05, 3.63) is 16.3 Å². The van der Waals surface area contributed by atoms with Gasteiger partial charge in [0.2, 0.25) is 0 Å². The van der Waals surface area contributed by atoms with Crippen LogP contribution < -0.4 is 0 Å². The third kappa shape index (κ3) is 1.97. The zero-order valence-corrected chi connectivity index (χ0v) is 7.67. The van der Waals surface area contributed by atoms with E-state index in [1.807, 2.05) is 13.0 Å². The Hall–Kier alpha value is -0.480. The van der Waals surface area contributed by atoms with Crippen molar-refractivity contribution in [2.45, 2.75) is 11.8 Å². The molecule has 0 radical (unpaired) electrons. The van der Waals surface area contributed by atoms with Gasteiger partial charge < -0.3 is 5.11 Å². The van der Waals surface area contributed by atoms with Gasteiger partial charge in [-0.25, -0.2) is 4.79 Å². The summed E-state index contributed by atoms with van der Waals surface area (Å²) in [6.45, 7) is 2.01. The minimum atomic E-state index is -0.823. The van der Waals surface area contributed by atoms with Crippen molar-refractivity contribution in [1.29, 1.82) is 0 Å². The summed E-state index contributed by atoms with van der Waals surface area (Å²) in [4.78, 5) is 11.9. The summed E-state index contributed by atoms with van der Waals surface area (Å²) in [7, 11) is 0. The van der Waals surface area contributed by atoms with Crippen molar-refractivity contribution in [2.75, 3.05) is 5.75 Å². The van der Waals surface area contributed by atoms with E-state index in [2.05, 4.69) is 0 Å². The maximum absolute atomic E-state index is 10.6. The van der Waals surface area contributed by atoms with Gasteiger partial charge in [0, 0.05) is 4.90 Å². The number of rotatable bonds is 3. The fourth-order valence-electron chi connectivity index (χ4n) is 0.723. The molecule has 0 fully saturated rings. The predicted octanol–water partition coefficient (Wildman–Crippen LogP) is 2.56. The maximum atomic E-state index is 10.6. The van der Waals surface area contributed by atoms with Crippen molar-refractivity contribution in [1.82, 2.24) is 0 Å². The van der Waals surface area contributed by atoms with Gasteiger partial charge in [-0.05, 0) is 17.2 Å². The molecule has 0 saturated heterocycles. The summed E-state index contributed by atoms with van der Waals surface area (Å²) in [5.41, 5.74) is 0. The molecule has 1 aromatic heterocycles. The molecule has 60 valence electrons. The lowest BCUT2D eigenvalue weighted by Gasteiger charge is -1.94. The van der Waals surface area contributed by atoms with E-state index in [-0.39, 0.29) is 0 Å². The second kappa shape index (κ2) is 3.78. The van der Waals surface area contributed by atoms with Gasteiger partial charge in [-0.3, -0.25) is 0 Å². The number of carbonyl (C=O) groups is 1. The smallest absolute Gasteiger partial charge is 0.347 e. The van der Waals surface area contributed by atoms with Gasteiger partial charge in [0.1, 0.15) is 4.88 Å². The van der Waals surface area contributed by atoms with Crippen LogP contribution in [0.2, 0.25) is 0 Å². The van der Waals surface area contributed by atoms with Crippen LogP contribution in [0.15, 0.2) is 16.3 Å². The molecular formula is C7H8O2S2. The van der Waals surface area contributed by atoms with Crippen LogP contribution in [-0.4, -0.2) is 16.8 Å². The second-order valence-corrected chi connectivity index (χ2v) is 4.07. The molecule has 1 rings (SSSR count). The molecule has 0 bridgehead atoms. The molecule has 1 N–H and O–H groups in total. The van der Waals surface area contributed by atoms with Crippen LogP contribution in [0.1, 0.15) is 16.6 Å². The quantitative estimate of drug-likeness (QED) is 0.741. The number of thioether (sulfide) groups is 1. The third-order valence-electron chi connectivity index (χ3n) is 1.12. The van der Waals surface area contributed by atoms with Gasteiger partial charge in [0.15, 0.2) is 0 Å². The molecule has 0 aliphatic carbocycles. The number of thiophene rings is 1. The first-order valence-corrected chi connectivity index (χ1v) is 5.05. The zero-order chi connectivity index (χ0) is 8.27. The third-order valence-corrected chi connectivity index (χ3v) is 3.09. The van der Waals surface area contributed by atoms with Crippen molar-refractivity contribution in [3.8, 4) is 0 Å². The van der Waals surface area contributed by atoms with Crippen LogP contribution in [0.4, 0.5) is 0 Å². The lowest BCUT2D eigenvalue weighted by Crippen LogP contribution is -1.93. The fourth-order valence-corrected chi connectivity index (χ4v) is 2.45. The van der Waals surface area contributed by atoms with Crippen LogP contribution in [0.25, 0.3) is 0 Å². The summed E-state index contributed by atoms with van der Waals surface area (Å²) < 4.78 is 0. The Balaban J connectivity index is 2.87. The van der Waals surface area contributed by atoms with Gasteiger partial charge in [-0.1, -0.05) is 6.92 Å². The Morgan fingerprint density at radius 1 is 1.82 bits per heavy atom. The number of hydrogen-bond acceptors (Lipinski definition) is 3. The molecule has 0 unspecified atom stereocenters. The molecule has 0 aromatic carbocycles. The topological polar surface area (TPSA) is 37.3 Å². The second-order valence-electron chi connectivity index (χ2n) is 1.85. The van der Waals surface area contributed by atoms with E-state index in [0.717, 1.165) is 10.6 Å². The largest absolute Gasteiger partial charge is 0.477 e. The van der Waals surface area contributed by atoms with E-state index >= 15 is 0 Å². The first-order valence-electron chi connectivity index (χ1n) is 3.19. The highest BCUT2D eigenvalue weighted by molar-refractivity contribution is 7.99. The summed E-state index contributed by atoms with van der Waals surface area (Å²) in [6, 6.07) is 1.85. The fraction of sp³-hybridized carbons (Fsp3) is 0.286. The average molecular weight is 188 g/mol. The van der Waals surface area contributed by atoms with Gasteiger partial charge in [-0.15, -0.1) is 23.1 Å². The van der Waals surface area contributed by atoms with Crippen LogP contribution in [0.3, 0.4) is 0 Å². The molecule has 0 aliphatic heterocycles. The van der Waals surface area contributed by atoms with Crippen molar-refractivity contribution >= 4 is 29.1 Å². The number of hydrogen-bond donors (Lipinski definition) is 1. The maximum Gasteiger partial charge on any atom is 0.347 e. The summed E-state index contributed by atoms with van der Waals surface area (Å²) in [6.07, 6.45) is 0. The molecule has 0 atom stereocenters. The molecule has 0 saturated carbocycles. The molecule has 11 heavy (non-hydrogen) atoms. The number of carboxylic acid groups (broad SMARTS) is 1. The van der Waals surface area contributed by atoms with E-state index < -0.39 is 5.97 Å². The first-order chi connectivity index (χ1) is 5.25. The monoisotopic (exact) mass is 188 g/mol. The summed E-state index contributed by atoms with van der Waals surface area (Å²) in [5.74, 6) is 0.0905. The zero-order valence-electron chi connectivity index (χ0n) is 6.03. The summed E-state index contributed by atoms with van der Waals surface area (Å²) in [5, 5.41) is 10.5. The van der Waals surface area contributed by atoms with Gasteiger partial charge in [0.05, 0.1) is 0 Å². The standard InChI is InChI=1S/C7H8O2S2/c1-2-10-5-3-4-11-6(5)7(8)9/h3-4H,2H2,1H3,(H,8,9). The predicted molar refractivity (Wildman–Crippen MR) is 47.7 cm³/mol. The molecule has 1 heterocycles. The number of aromatic carboxylic acids is 1.